The van der Waals surface area contributed by atoms with E-state index < -0.39 is 0 Å². The van der Waals surface area contributed by atoms with Gasteiger partial charge in [0.25, 0.3) is 0 Å². The van der Waals surface area contributed by atoms with Gasteiger partial charge in [0, 0.05) is 32.2 Å². The first-order valence-corrected chi connectivity index (χ1v) is 7.54. The Kier molecular flexibility index (Phi) is 5.34. The number of anilines is 1. The van der Waals surface area contributed by atoms with E-state index in [1.807, 2.05) is 12.4 Å². The van der Waals surface area contributed by atoms with Crippen molar-refractivity contribution in [3.8, 4) is 0 Å². The summed E-state index contributed by atoms with van der Waals surface area (Å²) in [6.07, 6.45) is 4.97. The van der Waals surface area contributed by atoms with Gasteiger partial charge in [0.1, 0.15) is 0 Å². The molecule has 112 valence electrons. The standard InChI is InChI=1S/C18H25N3/c1-5-10-20-18(16-11-14(2)12-19-13-16)15-6-8-17(9-7-15)21(3)4/h6-9,11-13,18,20H,5,10H2,1-4H3. The Labute approximate surface area is 128 Å². The van der Waals surface area contributed by atoms with Crippen molar-refractivity contribution in [2.75, 3.05) is 25.5 Å². The van der Waals surface area contributed by atoms with Crippen LogP contribution in [0.25, 0.3) is 0 Å². The number of benzene rings is 1. The van der Waals surface area contributed by atoms with E-state index in [2.05, 4.69) is 73.5 Å². The minimum atomic E-state index is 0.202. The number of rotatable bonds is 6. The van der Waals surface area contributed by atoms with Crippen LogP contribution in [0.5, 0.6) is 0 Å². The molecule has 3 heteroatoms. The fraction of sp³-hybridized carbons (Fsp3) is 0.389. The first-order chi connectivity index (χ1) is 10.1. The summed E-state index contributed by atoms with van der Waals surface area (Å²) in [6.45, 7) is 5.27. The smallest absolute Gasteiger partial charge is 0.0592 e. The van der Waals surface area contributed by atoms with Crippen LogP contribution in [0.15, 0.2) is 42.7 Å². The lowest BCUT2D eigenvalue weighted by Gasteiger charge is -2.21. The van der Waals surface area contributed by atoms with E-state index in [1.54, 1.807) is 0 Å². The van der Waals surface area contributed by atoms with Gasteiger partial charge in [-0.25, -0.2) is 0 Å². The monoisotopic (exact) mass is 283 g/mol. The molecule has 0 saturated heterocycles. The zero-order valence-electron chi connectivity index (χ0n) is 13.4. The van der Waals surface area contributed by atoms with E-state index in [-0.39, 0.29) is 6.04 Å². The van der Waals surface area contributed by atoms with Crippen molar-refractivity contribution >= 4 is 5.69 Å². The molecule has 0 bridgehead atoms. The predicted octanol–water partition coefficient (Wildman–Crippen LogP) is 3.55. The maximum atomic E-state index is 4.34. The Balaban J connectivity index is 2.31. The number of aryl methyl sites for hydroxylation is 1. The highest BCUT2D eigenvalue weighted by Gasteiger charge is 2.14. The van der Waals surface area contributed by atoms with Gasteiger partial charge >= 0.3 is 0 Å². The summed E-state index contributed by atoms with van der Waals surface area (Å²) in [7, 11) is 4.12. The highest BCUT2D eigenvalue weighted by atomic mass is 15.1. The molecule has 1 unspecified atom stereocenters. The molecule has 0 spiro atoms. The second-order valence-corrected chi connectivity index (χ2v) is 5.67. The number of pyridine rings is 1. The number of hydrogen-bond donors (Lipinski definition) is 1. The van der Waals surface area contributed by atoms with Gasteiger partial charge in [-0.05, 0) is 48.7 Å². The van der Waals surface area contributed by atoms with Crippen molar-refractivity contribution in [3.63, 3.8) is 0 Å². The van der Waals surface area contributed by atoms with Crippen LogP contribution in [-0.4, -0.2) is 25.6 Å². The molecule has 2 aromatic rings. The second kappa shape index (κ2) is 7.23. The molecule has 0 fully saturated rings. The summed E-state index contributed by atoms with van der Waals surface area (Å²) >= 11 is 0. The molecule has 0 amide bonds. The van der Waals surface area contributed by atoms with Crippen molar-refractivity contribution in [2.45, 2.75) is 26.3 Å². The molecular weight excluding hydrogens is 258 g/mol. The molecule has 0 saturated carbocycles. The Bertz CT molecular complexity index is 561. The Hall–Kier alpha value is -1.87. The quantitative estimate of drug-likeness (QED) is 0.879. The van der Waals surface area contributed by atoms with E-state index in [0.29, 0.717) is 0 Å². The molecular formula is C18H25N3. The van der Waals surface area contributed by atoms with Gasteiger partial charge in [-0.15, -0.1) is 0 Å². The summed E-state index contributed by atoms with van der Waals surface area (Å²) in [6, 6.07) is 11.1. The normalized spacial score (nSPS) is 12.2. The summed E-state index contributed by atoms with van der Waals surface area (Å²) < 4.78 is 0. The Morgan fingerprint density at radius 1 is 1.10 bits per heavy atom. The van der Waals surface area contributed by atoms with Crippen LogP contribution in [0, 0.1) is 6.92 Å². The zero-order chi connectivity index (χ0) is 15.2. The third-order valence-corrected chi connectivity index (χ3v) is 3.57. The van der Waals surface area contributed by atoms with Gasteiger partial charge in [0.15, 0.2) is 0 Å². The summed E-state index contributed by atoms with van der Waals surface area (Å²) in [5, 5.41) is 3.62. The second-order valence-electron chi connectivity index (χ2n) is 5.67. The van der Waals surface area contributed by atoms with Gasteiger partial charge in [-0.1, -0.05) is 25.1 Å². The highest BCUT2D eigenvalue weighted by molar-refractivity contribution is 5.47. The maximum absolute atomic E-state index is 4.34. The number of hydrogen-bond acceptors (Lipinski definition) is 3. The first-order valence-electron chi connectivity index (χ1n) is 7.54. The molecule has 21 heavy (non-hydrogen) atoms. The molecule has 1 heterocycles. The molecule has 1 aromatic heterocycles. The highest BCUT2D eigenvalue weighted by Crippen LogP contribution is 2.24. The van der Waals surface area contributed by atoms with Crippen molar-refractivity contribution in [1.82, 2.24) is 10.3 Å². The van der Waals surface area contributed by atoms with E-state index in [9.17, 15) is 0 Å². The summed E-state index contributed by atoms with van der Waals surface area (Å²) in [4.78, 5) is 6.45. The maximum Gasteiger partial charge on any atom is 0.0592 e. The molecule has 1 atom stereocenters. The predicted molar refractivity (Wildman–Crippen MR) is 89.9 cm³/mol. The van der Waals surface area contributed by atoms with E-state index in [4.69, 9.17) is 0 Å². The lowest BCUT2D eigenvalue weighted by molar-refractivity contribution is 0.596. The average Bonchev–Trinajstić information content (AvgIpc) is 2.48. The number of nitrogens with one attached hydrogen (secondary N) is 1. The van der Waals surface area contributed by atoms with Crippen molar-refractivity contribution in [2.24, 2.45) is 0 Å². The summed E-state index contributed by atoms with van der Waals surface area (Å²) in [5.74, 6) is 0. The molecule has 1 aromatic carbocycles. The molecule has 3 nitrogen and oxygen atoms in total. The van der Waals surface area contributed by atoms with Crippen LogP contribution in [0.1, 0.15) is 36.1 Å². The Morgan fingerprint density at radius 2 is 1.81 bits per heavy atom. The Morgan fingerprint density at radius 3 is 2.38 bits per heavy atom. The van der Waals surface area contributed by atoms with E-state index >= 15 is 0 Å². The molecule has 0 radical (unpaired) electrons. The van der Waals surface area contributed by atoms with Gasteiger partial charge < -0.3 is 10.2 Å². The number of aromatic nitrogens is 1. The topological polar surface area (TPSA) is 28.2 Å². The van der Waals surface area contributed by atoms with Crippen molar-refractivity contribution < 1.29 is 0 Å². The lowest BCUT2D eigenvalue weighted by atomic mass is 9.98. The fourth-order valence-corrected chi connectivity index (χ4v) is 2.42. The zero-order valence-corrected chi connectivity index (χ0v) is 13.4. The van der Waals surface area contributed by atoms with E-state index in [0.717, 1.165) is 13.0 Å². The molecule has 2 rings (SSSR count). The third-order valence-electron chi connectivity index (χ3n) is 3.57. The van der Waals surface area contributed by atoms with Gasteiger partial charge in [-0.3, -0.25) is 4.98 Å². The SMILES string of the molecule is CCCNC(c1ccc(N(C)C)cc1)c1cncc(C)c1. The first kappa shape index (κ1) is 15.5. The number of nitrogens with zero attached hydrogens (tertiary/aromatic N) is 2. The minimum Gasteiger partial charge on any atom is -0.378 e. The molecule has 0 aliphatic rings. The third kappa shape index (κ3) is 4.05. The minimum absolute atomic E-state index is 0.202. The van der Waals surface area contributed by atoms with Crippen molar-refractivity contribution in [1.29, 1.82) is 0 Å². The molecule has 0 aliphatic carbocycles. The average molecular weight is 283 g/mol. The largest absolute Gasteiger partial charge is 0.378 e. The molecule has 0 aliphatic heterocycles. The molecule has 1 N–H and O–H groups in total. The summed E-state index contributed by atoms with van der Waals surface area (Å²) in [5.41, 5.74) is 4.92. The fourth-order valence-electron chi connectivity index (χ4n) is 2.42. The van der Waals surface area contributed by atoms with Gasteiger partial charge in [0.2, 0.25) is 0 Å². The van der Waals surface area contributed by atoms with E-state index in [1.165, 1.54) is 22.4 Å². The van der Waals surface area contributed by atoms with Gasteiger partial charge in [0.05, 0.1) is 6.04 Å². The van der Waals surface area contributed by atoms with Crippen LogP contribution in [0.3, 0.4) is 0 Å². The van der Waals surface area contributed by atoms with Crippen LogP contribution < -0.4 is 10.2 Å². The van der Waals surface area contributed by atoms with Crippen LogP contribution >= 0.6 is 0 Å². The van der Waals surface area contributed by atoms with Crippen LogP contribution in [-0.2, 0) is 0 Å². The van der Waals surface area contributed by atoms with Crippen LogP contribution in [0.4, 0.5) is 5.69 Å². The van der Waals surface area contributed by atoms with Crippen LogP contribution in [0.2, 0.25) is 0 Å². The lowest BCUT2D eigenvalue weighted by Crippen LogP contribution is -2.23. The van der Waals surface area contributed by atoms with Gasteiger partial charge in [-0.2, -0.15) is 0 Å². The van der Waals surface area contributed by atoms with Crippen molar-refractivity contribution in [3.05, 3.63) is 59.4 Å².